The molecule has 1 aromatic rings. The Morgan fingerprint density at radius 2 is 1.83 bits per heavy atom. The lowest BCUT2D eigenvalue weighted by Crippen LogP contribution is -2.41. The molecule has 2 aliphatic heterocycles. The maximum atomic E-state index is 5.77. The van der Waals surface area contributed by atoms with Gasteiger partial charge in [0.05, 0.1) is 18.0 Å². The second kappa shape index (κ2) is 4.50. The Bertz CT molecular complexity index is 469. The zero-order chi connectivity index (χ0) is 12.5. The molecule has 0 amide bonds. The Hall–Kier alpha value is -1.74. The van der Waals surface area contributed by atoms with E-state index in [1.165, 1.54) is 0 Å². The Balaban J connectivity index is 1.76. The SMILES string of the molecule is NC1NNC(N)C1N=Nc1ccc2c(c1)OCO2. The second-order valence-corrected chi connectivity index (χ2v) is 4.08. The first kappa shape index (κ1) is 11.4. The zero-order valence-electron chi connectivity index (χ0n) is 9.54. The van der Waals surface area contributed by atoms with Crippen molar-refractivity contribution in [3.05, 3.63) is 18.2 Å². The van der Waals surface area contributed by atoms with Crippen molar-refractivity contribution in [1.82, 2.24) is 10.9 Å². The van der Waals surface area contributed by atoms with E-state index < -0.39 is 0 Å². The third-order valence-electron chi connectivity index (χ3n) is 2.82. The molecule has 2 heterocycles. The highest BCUT2D eigenvalue weighted by atomic mass is 16.7. The summed E-state index contributed by atoms with van der Waals surface area (Å²) in [5.74, 6) is 1.38. The summed E-state index contributed by atoms with van der Waals surface area (Å²) in [5, 5.41) is 8.25. The molecule has 3 rings (SSSR count). The number of ether oxygens (including phenoxy) is 2. The van der Waals surface area contributed by atoms with E-state index in [1.807, 2.05) is 0 Å². The molecule has 96 valence electrons. The van der Waals surface area contributed by atoms with Crippen LogP contribution in [0.3, 0.4) is 0 Å². The van der Waals surface area contributed by atoms with Crippen LogP contribution in [0.5, 0.6) is 11.5 Å². The van der Waals surface area contributed by atoms with E-state index in [0.29, 0.717) is 17.2 Å². The van der Waals surface area contributed by atoms with Gasteiger partial charge in [-0.1, -0.05) is 0 Å². The van der Waals surface area contributed by atoms with Gasteiger partial charge in [-0.05, 0) is 12.1 Å². The normalized spacial score (nSPS) is 30.2. The van der Waals surface area contributed by atoms with Crippen molar-refractivity contribution in [1.29, 1.82) is 0 Å². The summed E-state index contributed by atoms with van der Waals surface area (Å²) in [5.41, 5.74) is 17.8. The fourth-order valence-electron chi connectivity index (χ4n) is 1.81. The zero-order valence-corrected chi connectivity index (χ0v) is 9.54. The standard InChI is InChI=1S/C10H14N6O2/c11-9-8(10(12)16-15-9)14-13-5-1-2-6-7(3-5)18-4-17-6/h1-3,8-10,15-16H,4,11-12H2. The van der Waals surface area contributed by atoms with Crippen LogP contribution in [0.15, 0.2) is 28.4 Å². The monoisotopic (exact) mass is 250 g/mol. The maximum absolute atomic E-state index is 5.77. The van der Waals surface area contributed by atoms with Crippen LogP contribution in [0.1, 0.15) is 0 Å². The largest absolute Gasteiger partial charge is 0.454 e. The summed E-state index contributed by atoms with van der Waals surface area (Å²) < 4.78 is 10.5. The second-order valence-electron chi connectivity index (χ2n) is 4.08. The summed E-state index contributed by atoms with van der Waals surface area (Å²) in [6, 6.07) is 5.04. The molecule has 2 atom stereocenters. The molecule has 0 aromatic heterocycles. The summed E-state index contributed by atoms with van der Waals surface area (Å²) >= 11 is 0. The van der Waals surface area contributed by atoms with Gasteiger partial charge >= 0.3 is 0 Å². The molecule has 0 bridgehead atoms. The third-order valence-corrected chi connectivity index (χ3v) is 2.82. The van der Waals surface area contributed by atoms with Gasteiger partial charge in [-0.2, -0.15) is 10.2 Å². The van der Waals surface area contributed by atoms with E-state index in [0.717, 1.165) is 0 Å². The van der Waals surface area contributed by atoms with E-state index in [4.69, 9.17) is 20.9 Å². The van der Waals surface area contributed by atoms with Crippen molar-refractivity contribution >= 4 is 5.69 Å². The average Bonchev–Trinajstić information content (AvgIpc) is 2.94. The van der Waals surface area contributed by atoms with Crippen molar-refractivity contribution < 1.29 is 9.47 Å². The number of hydrogen-bond donors (Lipinski definition) is 4. The minimum absolute atomic E-state index is 0.238. The molecule has 0 radical (unpaired) electrons. The number of azo groups is 1. The molecular formula is C10H14N6O2. The van der Waals surface area contributed by atoms with Gasteiger partial charge in [-0.25, -0.2) is 10.9 Å². The number of fused-ring (bicyclic) bond motifs is 1. The van der Waals surface area contributed by atoms with Crippen LogP contribution in [-0.4, -0.2) is 25.2 Å². The molecule has 18 heavy (non-hydrogen) atoms. The van der Waals surface area contributed by atoms with Crippen molar-refractivity contribution in [3.8, 4) is 11.5 Å². The van der Waals surface area contributed by atoms with Gasteiger partial charge in [0.2, 0.25) is 6.79 Å². The molecule has 2 aliphatic rings. The first-order valence-corrected chi connectivity index (χ1v) is 5.57. The summed E-state index contributed by atoms with van der Waals surface area (Å²) in [7, 11) is 0. The highest BCUT2D eigenvalue weighted by Gasteiger charge is 2.30. The van der Waals surface area contributed by atoms with E-state index in [2.05, 4.69) is 21.1 Å². The molecule has 6 N–H and O–H groups in total. The molecule has 1 saturated heterocycles. The average molecular weight is 250 g/mol. The first-order chi connectivity index (χ1) is 8.74. The molecule has 1 fully saturated rings. The summed E-state index contributed by atoms with van der Waals surface area (Å²) in [6.07, 6.45) is -0.699. The Morgan fingerprint density at radius 1 is 1.11 bits per heavy atom. The number of hydrazine groups is 1. The molecule has 0 spiro atoms. The van der Waals surface area contributed by atoms with Crippen LogP contribution in [0, 0.1) is 0 Å². The Morgan fingerprint density at radius 3 is 2.61 bits per heavy atom. The van der Waals surface area contributed by atoms with Gasteiger partial charge in [0.1, 0.15) is 6.04 Å². The first-order valence-electron chi connectivity index (χ1n) is 5.57. The molecule has 8 heteroatoms. The number of nitrogens with two attached hydrogens (primary N) is 2. The van der Waals surface area contributed by atoms with Crippen LogP contribution in [0.25, 0.3) is 0 Å². The topological polar surface area (TPSA) is 119 Å². The fourth-order valence-corrected chi connectivity index (χ4v) is 1.81. The molecule has 1 aromatic carbocycles. The van der Waals surface area contributed by atoms with Gasteiger partial charge in [-0.3, -0.25) is 0 Å². The molecule has 8 nitrogen and oxygen atoms in total. The van der Waals surface area contributed by atoms with Gasteiger partial charge < -0.3 is 20.9 Å². The Kier molecular flexibility index (Phi) is 2.84. The minimum Gasteiger partial charge on any atom is -0.454 e. The van der Waals surface area contributed by atoms with Crippen molar-refractivity contribution in [2.45, 2.75) is 18.4 Å². The smallest absolute Gasteiger partial charge is 0.231 e. The van der Waals surface area contributed by atoms with Crippen LogP contribution < -0.4 is 31.8 Å². The van der Waals surface area contributed by atoms with E-state index in [1.54, 1.807) is 18.2 Å². The molecule has 2 unspecified atom stereocenters. The van der Waals surface area contributed by atoms with Crippen LogP contribution in [-0.2, 0) is 0 Å². The van der Waals surface area contributed by atoms with Crippen molar-refractivity contribution in [2.24, 2.45) is 21.7 Å². The van der Waals surface area contributed by atoms with E-state index in [9.17, 15) is 0 Å². The highest BCUT2D eigenvalue weighted by molar-refractivity contribution is 5.52. The van der Waals surface area contributed by atoms with Crippen molar-refractivity contribution in [2.75, 3.05) is 6.79 Å². The lowest BCUT2D eigenvalue weighted by molar-refractivity contribution is 0.174. The fraction of sp³-hybridized carbons (Fsp3) is 0.400. The molecule has 0 aliphatic carbocycles. The third kappa shape index (κ3) is 2.02. The number of nitrogens with one attached hydrogen (secondary N) is 2. The molecule has 0 saturated carbocycles. The predicted molar refractivity (Wildman–Crippen MR) is 63.1 cm³/mol. The summed E-state index contributed by atoms with van der Waals surface area (Å²) in [6.45, 7) is 0.238. The van der Waals surface area contributed by atoms with Crippen LogP contribution in [0.2, 0.25) is 0 Å². The van der Waals surface area contributed by atoms with Gasteiger partial charge in [0.15, 0.2) is 11.5 Å². The summed E-state index contributed by atoms with van der Waals surface area (Å²) in [4.78, 5) is 0. The quantitative estimate of drug-likeness (QED) is 0.527. The Labute approximate surface area is 103 Å². The minimum atomic E-state index is -0.349. The van der Waals surface area contributed by atoms with E-state index in [-0.39, 0.29) is 25.2 Å². The number of hydrogen-bond acceptors (Lipinski definition) is 8. The van der Waals surface area contributed by atoms with Crippen molar-refractivity contribution in [3.63, 3.8) is 0 Å². The van der Waals surface area contributed by atoms with Crippen LogP contribution in [0.4, 0.5) is 5.69 Å². The van der Waals surface area contributed by atoms with Gasteiger partial charge in [-0.15, -0.1) is 0 Å². The van der Waals surface area contributed by atoms with E-state index >= 15 is 0 Å². The highest BCUT2D eigenvalue weighted by Crippen LogP contribution is 2.35. The molecular weight excluding hydrogens is 236 g/mol. The number of rotatable bonds is 2. The van der Waals surface area contributed by atoms with Crippen LogP contribution >= 0.6 is 0 Å². The lowest BCUT2D eigenvalue weighted by Gasteiger charge is -2.10. The lowest BCUT2D eigenvalue weighted by atomic mass is 10.2. The maximum Gasteiger partial charge on any atom is 0.231 e. The number of benzene rings is 1. The number of nitrogens with zero attached hydrogens (tertiary/aromatic N) is 2. The van der Waals surface area contributed by atoms with Gasteiger partial charge in [0, 0.05) is 6.07 Å². The van der Waals surface area contributed by atoms with Gasteiger partial charge in [0.25, 0.3) is 0 Å². The predicted octanol–water partition coefficient (Wildman–Crippen LogP) is -0.455.